The Morgan fingerprint density at radius 1 is 1.19 bits per heavy atom. The predicted molar refractivity (Wildman–Crippen MR) is 114 cm³/mol. The molecule has 3 heterocycles. The Kier molecular flexibility index (Phi) is 6.16. The van der Waals surface area contributed by atoms with Crippen molar-refractivity contribution in [2.24, 2.45) is 7.05 Å². The summed E-state index contributed by atoms with van der Waals surface area (Å²) in [6, 6.07) is 1.46. The number of Topliss-reactive ketones (excluding diaryl/α,β-unsaturated/α-hetero) is 1. The molecule has 9 nitrogen and oxygen atoms in total. The van der Waals surface area contributed by atoms with Gasteiger partial charge in [0.2, 0.25) is 5.95 Å². The van der Waals surface area contributed by atoms with Gasteiger partial charge >= 0.3 is 0 Å². The third-order valence-corrected chi connectivity index (χ3v) is 5.67. The normalized spacial score (nSPS) is 10.7. The SMILES string of the molecule is Cc1cc(NC(=O)c2c(C)c(C(=O)C(=O)NCc3cnc(N)s3)n(C)c2C)cnc1F. The van der Waals surface area contributed by atoms with Crippen molar-refractivity contribution in [3.05, 3.63) is 57.4 Å². The zero-order valence-electron chi connectivity index (χ0n) is 17.4. The number of carbonyl (C=O) groups is 3. The lowest BCUT2D eigenvalue weighted by atomic mass is 10.1. The van der Waals surface area contributed by atoms with Crippen LogP contribution in [0.25, 0.3) is 0 Å². The van der Waals surface area contributed by atoms with Crippen molar-refractivity contribution < 1.29 is 18.8 Å². The fraction of sp³-hybridized carbons (Fsp3) is 0.250. The van der Waals surface area contributed by atoms with Gasteiger partial charge in [0, 0.05) is 29.4 Å². The van der Waals surface area contributed by atoms with Crippen molar-refractivity contribution in [3.63, 3.8) is 0 Å². The molecule has 3 aromatic heterocycles. The van der Waals surface area contributed by atoms with Crippen molar-refractivity contribution in [3.8, 4) is 0 Å². The Hall–Kier alpha value is -3.60. The van der Waals surface area contributed by atoms with Crippen LogP contribution < -0.4 is 16.4 Å². The Morgan fingerprint density at radius 3 is 2.52 bits per heavy atom. The van der Waals surface area contributed by atoms with Crippen molar-refractivity contribution in [2.75, 3.05) is 11.1 Å². The zero-order chi connectivity index (χ0) is 22.9. The molecule has 0 saturated carbocycles. The number of nitrogens with zero attached hydrogens (tertiary/aromatic N) is 3. The molecule has 3 rings (SSSR count). The highest BCUT2D eigenvalue weighted by Crippen LogP contribution is 2.23. The number of halogens is 1. The van der Waals surface area contributed by atoms with Gasteiger partial charge in [0.15, 0.2) is 5.13 Å². The number of nitrogen functional groups attached to an aromatic ring is 1. The number of aryl methyl sites for hydroxylation is 1. The number of carbonyl (C=O) groups excluding carboxylic acids is 3. The van der Waals surface area contributed by atoms with Gasteiger partial charge in [-0.1, -0.05) is 0 Å². The molecule has 11 heteroatoms. The van der Waals surface area contributed by atoms with Crippen LogP contribution in [-0.2, 0) is 18.4 Å². The molecule has 0 spiro atoms. The fourth-order valence-corrected chi connectivity index (χ4v) is 3.84. The zero-order valence-corrected chi connectivity index (χ0v) is 18.2. The van der Waals surface area contributed by atoms with E-state index in [9.17, 15) is 18.8 Å². The molecule has 0 unspecified atom stereocenters. The number of nitrogens with two attached hydrogens (primary N) is 1. The quantitative estimate of drug-likeness (QED) is 0.304. The van der Waals surface area contributed by atoms with Gasteiger partial charge in [-0.25, -0.2) is 9.97 Å². The maximum atomic E-state index is 13.4. The van der Waals surface area contributed by atoms with Crippen LogP contribution in [0.2, 0.25) is 0 Å². The second-order valence-corrected chi connectivity index (χ2v) is 8.10. The lowest BCUT2D eigenvalue weighted by Crippen LogP contribution is -2.32. The molecule has 0 atom stereocenters. The maximum Gasteiger partial charge on any atom is 0.294 e. The topological polar surface area (TPSA) is 132 Å². The van der Waals surface area contributed by atoms with E-state index < -0.39 is 23.5 Å². The van der Waals surface area contributed by atoms with E-state index in [0.29, 0.717) is 27.0 Å². The standard InChI is InChI=1S/C20H21FN6O3S/c1-9-5-12(6-23-17(9)21)26-18(29)14-10(2)15(27(4)11(14)3)16(28)19(30)24-7-13-8-25-20(22)31-13/h5-6,8H,7H2,1-4H3,(H2,22,25)(H,24,30)(H,26,29). The molecule has 0 aromatic carbocycles. The monoisotopic (exact) mass is 444 g/mol. The minimum atomic E-state index is -0.805. The van der Waals surface area contributed by atoms with Crippen LogP contribution in [0.3, 0.4) is 0 Å². The average Bonchev–Trinajstić information content (AvgIpc) is 3.22. The molecule has 0 aliphatic rings. The smallest absolute Gasteiger partial charge is 0.294 e. The van der Waals surface area contributed by atoms with E-state index >= 15 is 0 Å². The second-order valence-electron chi connectivity index (χ2n) is 6.96. The Balaban J connectivity index is 1.81. The van der Waals surface area contributed by atoms with Gasteiger partial charge in [-0.15, -0.1) is 11.3 Å². The molecular formula is C20H21FN6O3S. The minimum absolute atomic E-state index is 0.109. The van der Waals surface area contributed by atoms with Gasteiger partial charge in [-0.2, -0.15) is 4.39 Å². The molecule has 31 heavy (non-hydrogen) atoms. The lowest BCUT2D eigenvalue weighted by molar-refractivity contribution is -0.117. The van der Waals surface area contributed by atoms with Gasteiger partial charge in [0.25, 0.3) is 17.6 Å². The minimum Gasteiger partial charge on any atom is -0.375 e. The van der Waals surface area contributed by atoms with Crippen LogP contribution in [0.5, 0.6) is 0 Å². The average molecular weight is 444 g/mol. The van der Waals surface area contributed by atoms with Crippen molar-refractivity contribution >= 4 is 39.8 Å². The molecule has 3 aromatic rings. The molecular weight excluding hydrogens is 423 g/mol. The van der Waals surface area contributed by atoms with E-state index in [0.717, 1.165) is 0 Å². The molecule has 4 N–H and O–H groups in total. The number of pyridine rings is 1. The predicted octanol–water partition coefficient (Wildman–Crippen LogP) is 2.27. The number of ketones is 1. The summed E-state index contributed by atoms with van der Waals surface area (Å²) in [6.45, 7) is 4.92. The number of thiazole rings is 1. The van der Waals surface area contributed by atoms with Crippen LogP contribution in [0, 0.1) is 26.7 Å². The number of rotatable bonds is 6. The third-order valence-electron chi connectivity index (χ3n) is 4.85. The Bertz CT molecular complexity index is 1200. The van der Waals surface area contributed by atoms with E-state index in [1.165, 1.54) is 41.3 Å². The summed E-state index contributed by atoms with van der Waals surface area (Å²) in [5.74, 6) is -2.68. The number of hydrogen-bond acceptors (Lipinski definition) is 7. The molecule has 2 amide bonds. The highest BCUT2D eigenvalue weighted by Gasteiger charge is 2.28. The number of nitrogens with one attached hydrogen (secondary N) is 2. The number of anilines is 2. The molecule has 0 aliphatic carbocycles. The number of amides is 2. The van der Waals surface area contributed by atoms with Crippen molar-refractivity contribution in [2.45, 2.75) is 27.3 Å². The summed E-state index contributed by atoms with van der Waals surface area (Å²) >= 11 is 1.21. The second kappa shape index (κ2) is 8.64. The first-order valence-corrected chi connectivity index (χ1v) is 10.0. The van der Waals surface area contributed by atoms with E-state index in [4.69, 9.17) is 5.73 Å². The Labute approximate surface area is 181 Å². The molecule has 0 radical (unpaired) electrons. The van der Waals surface area contributed by atoms with E-state index in [-0.39, 0.29) is 23.4 Å². The van der Waals surface area contributed by atoms with Gasteiger partial charge in [-0.3, -0.25) is 14.4 Å². The summed E-state index contributed by atoms with van der Waals surface area (Å²) in [4.78, 5) is 46.2. The van der Waals surface area contributed by atoms with Crippen LogP contribution in [0.1, 0.15) is 42.5 Å². The first-order valence-electron chi connectivity index (χ1n) is 9.22. The first kappa shape index (κ1) is 22.1. The summed E-state index contributed by atoms with van der Waals surface area (Å²) < 4.78 is 14.9. The van der Waals surface area contributed by atoms with Gasteiger partial charge in [0.1, 0.15) is 0 Å². The molecule has 0 fully saturated rings. The van der Waals surface area contributed by atoms with E-state index in [1.807, 2.05) is 0 Å². The lowest BCUT2D eigenvalue weighted by Gasteiger charge is -2.07. The Morgan fingerprint density at radius 2 is 1.90 bits per heavy atom. The van der Waals surface area contributed by atoms with Crippen LogP contribution in [0.4, 0.5) is 15.2 Å². The summed E-state index contributed by atoms with van der Waals surface area (Å²) in [6.07, 6.45) is 2.73. The van der Waals surface area contributed by atoms with Crippen LogP contribution >= 0.6 is 11.3 Å². The number of hydrogen-bond donors (Lipinski definition) is 3. The summed E-state index contributed by atoms with van der Waals surface area (Å²) in [7, 11) is 1.60. The summed E-state index contributed by atoms with van der Waals surface area (Å²) in [5, 5.41) is 5.57. The highest BCUT2D eigenvalue weighted by molar-refractivity contribution is 7.15. The third kappa shape index (κ3) is 4.45. The molecule has 0 bridgehead atoms. The number of aromatic nitrogens is 3. The first-order chi connectivity index (χ1) is 14.6. The molecule has 0 aliphatic heterocycles. The van der Waals surface area contributed by atoms with E-state index in [1.54, 1.807) is 20.9 Å². The van der Waals surface area contributed by atoms with Crippen molar-refractivity contribution in [1.82, 2.24) is 19.9 Å². The van der Waals surface area contributed by atoms with Crippen LogP contribution in [-0.4, -0.2) is 32.1 Å². The van der Waals surface area contributed by atoms with Gasteiger partial charge < -0.3 is 20.9 Å². The molecule has 162 valence electrons. The summed E-state index contributed by atoms with van der Waals surface area (Å²) in [5.41, 5.74) is 7.41. The fourth-order valence-electron chi connectivity index (χ4n) is 3.21. The van der Waals surface area contributed by atoms with Gasteiger partial charge in [-0.05, 0) is 32.4 Å². The largest absolute Gasteiger partial charge is 0.375 e. The van der Waals surface area contributed by atoms with Crippen LogP contribution in [0.15, 0.2) is 18.5 Å². The maximum absolute atomic E-state index is 13.4. The highest BCUT2D eigenvalue weighted by atomic mass is 32.1. The van der Waals surface area contributed by atoms with Crippen molar-refractivity contribution in [1.29, 1.82) is 0 Å². The van der Waals surface area contributed by atoms with Gasteiger partial charge in [0.05, 0.1) is 29.7 Å². The van der Waals surface area contributed by atoms with E-state index in [2.05, 4.69) is 20.6 Å². The molecule has 0 saturated heterocycles.